The number of nitrogens with zero attached hydrogens (tertiary/aromatic N) is 1. The van der Waals surface area contributed by atoms with Gasteiger partial charge in [0.05, 0.1) is 19.1 Å². The Morgan fingerprint density at radius 2 is 1.88 bits per heavy atom. The fourth-order valence-corrected chi connectivity index (χ4v) is 4.32. The van der Waals surface area contributed by atoms with Gasteiger partial charge in [-0.2, -0.15) is 0 Å². The third-order valence-corrected chi connectivity index (χ3v) is 6.06. The number of hydrogen-bond acceptors (Lipinski definition) is 7. The van der Waals surface area contributed by atoms with Gasteiger partial charge in [-0.05, 0) is 47.9 Å². The van der Waals surface area contributed by atoms with Crippen molar-refractivity contribution in [3.05, 3.63) is 58.5 Å². The number of amides is 1. The van der Waals surface area contributed by atoms with Crippen molar-refractivity contribution >= 4 is 46.3 Å². The molecule has 0 spiro atoms. The van der Waals surface area contributed by atoms with E-state index in [0.717, 1.165) is 16.9 Å². The Balaban J connectivity index is 1.68. The topological polar surface area (TPSA) is 85.3 Å². The summed E-state index contributed by atoms with van der Waals surface area (Å²) in [6.07, 6.45) is 2.08. The zero-order chi connectivity index (χ0) is 23.1. The number of methoxy groups -OCH3 is 2. The molecule has 0 aromatic heterocycles. The van der Waals surface area contributed by atoms with Crippen LogP contribution in [0.5, 0.6) is 17.2 Å². The molecule has 9 heteroatoms. The summed E-state index contributed by atoms with van der Waals surface area (Å²) in [5.74, 6) is 0.797. The van der Waals surface area contributed by atoms with Crippen LogP contribution in [0.2, 0.25) is 0 Å². The molecule has 168 valence electrons. The monoisotopic (exact) mass is 473 g/mol. The molecular formula is C23H23NO6S2. The second kappa shape index (κ2) is 11.0. The Morgan fingerprint density at radius 3 is 2.53 bits per heavy atom. The maximum atomic E-state index is 12.7. The molecule has 0 saturated carbocycles. The van der Waals surface area contributed by atoms with Crippen LogP contribution in [0.1, 0.15) is 24.0 Å². The van der Waals surface area contributed by atoms with Crippen molar-refractivity contribution < 1.29 is 28.9 Å². The minimum Gasteiger partial charge on any atom is -0.497 e. The largest absolute Gasteiger partial charge is 0.497 e. The smallest absolute Gasteiger partial charge is 0.303 e. The number of aliphatic carboxylic acids is 1. The standard InChI is InChI=1S/C23H23NO6S2/c1-28-17-8-5-15(6-9-17)14-30-18-10-7-16(12-19(18)29-2)13-20-22(27)24(23(31)32-20)11-3-4-21(25)26/h5-10,12-13H,3-4,11,14H2,1-2H3,(H,25,26)/b20-13-. The quantitative estimate of drug-likeness (QED) is 0.403. The molecule has 1 aliphatic rings. The number of hydrogen-bond donors (Lipinski definition) is 1. The summed E-state index contributed by atoms with van der Waals surface area (Å²) in [5.41, 5.74) is 1.76. The van der Waals surface area contributed by atoms with E-state index in [1.165, 1.54) is 16.7 Å². The summed E-state index contributed by atoms with van der Waals surface area (Å²) in [6.45, 7) is 0.657. The van der Waals surface area contributed by atoms with Crippen molar-refractivity contribution in [2.45, 2.75) is 19.4 Å². The molecule has 32 heavy (non-hydrogen) atoms. The van der Waals surface area contributed by atoms with Crippen LogP contribution in [0.4, 0.5) is 0 Å². The molecule has 0 aliphatic carbocycles. The number of carbonyl (C=O) groups is 2. The van der Waals surface area contributed by atoms with Gasteiger partial charge in [-0.1, -0.05) is 42.2 Å². The molecule has 0 unspecified atom stereocenters. The average Bonchev–Trinajstić information content (AvgIpc) is 3.05. The normalized spacial score (nSPS) is 14.7. The van der Waals surface area contributed by atoms with Crippen LogP contribution in [-0.4, -0.2) is 47.0 Å². The summed E-state index contributed by atoms with van der Waals surface area (Å²) in [7, 11) is 3.18. The second-order valence-corrected chi connectivity index (χ2v) is 8.55. The molecule has 0 atom stereocenters. The fraction of sp³-hybridized carbons (Fsp3) is 0.261. The Morgan fingerprint density at radius 1 is 1.12 bits per heavy atom. The van der Waals surface area contributed by atoms with E-state index < -0.39 is 5.97 Å². The van der Waals surface area contributed by atoms with E-state index in [1.54, 1.807) is 32.4 Å². The summed E-state index contributed by atoms with van der Waals surface area (Å²) in [6, 6.07) is 13.0. The van der Waals surface area contributed by atoms with Crippen LogP contribution in [0, 0.1) is 0 Å². The third kappa shape index (κ3) is 6.02. The zero-order valence-corrected chi connectivity index (χ0v) is 19.3. The first-order valence-electron chi connectivity index (χ1n) is 9.82. The van der Waals surface area contributed by atoms with Gasteiger partial charge < -0.3 is 19.3 Å². The zero-order valence-electron chi connectivity index (χ0n) is 17.7. The number of rotatable bonds is 10. The molecular weight excluding hydrogens is 450 g/mol. The van der Waals surface area contributed by atoms with Gasteiger partial charge in [-0.25, -0.2) is 0 Å². The molecule has 1 aliphatic heterocycles. The van der Waals surface area contributed by atoms with Gasteiger partial charge in [0.1, 0.15) is 16.7 Å². The number of carboxylic acid groups (broad SMARTS) is 1. The van der Waals surface area contributed by atoms with E-state index in [2.05, 4.69) is 0 Å². The van der Waals surface area contributed by atoms with Crippen molar-refractivity contribution in [1.82, 2.24) is 4.90 Å². The Bertz CT molecular complexity index is 1040. The number of thiocarbonyl (C=S) groups is 1. The first kappa shape index (κ1) is 23.6. The van der Waals surface area contributed by atoms with Crippen LogP contribution in [-0.2, 0) is 16.2 Å². The van der Waals surface area contributed by atoms with Gasteiger partial charge in [0.25, 0.3) is 5.91 Å². The maximum Gasteiger partial charge on any atom is 0.303 e. The molecule has 0 bridgehead atoms. The molecule has 2 aromatic carbocycles. The first-order chi connectivity index (χ1) is 15.4. The lowest BCUT2D eigenvalue weighted by Gasteiger charge is -2.13. The van der Waals surface area contributed by atoms with E-state index in [4.69, 9.17) is 31.5 Å². The molecule has 1 amide bonds. The van der Waals surface area contributed by atoms with Crippen molar-refractivity contribution in [2.75, 3.05) is 20.8 Å². The van der Waals surface area contributed by atoms with Crippen LogP contribution in [0.3, 0.4) is 0 Å². The Kier molecular flexibility index (Phi) is 8.13. The molecule has 0 radical (unpaired) electrons. The van der Waals surface area contributed by atoms with Crippen molar-refractivity contribution in [1.29, 1.82) is 0 Å². The predicted octanol–water partition coefficient (Wildman–Crippen LogP) is 4.35. The number of benzene rings is 2. The molecule has 3 rings (SSSR count). The lowest BCUT2D eigenvalue weighted by Crippen LogP contribution is -2.29. The predicted molar refractivity (Wildman–Crippen MR) is 127 cm³/mol. The minimum absolute atomic E-state index is 0.00864. The van der Waals surface area contributed by atoms with Crippen LogP contribution in [0.25, 0.3) is 6.08 Å². The number of carbonyl (C=O) groups excluding carboxylic acids is 1. The molecule has 1 heterocycles. The number of thioether (sulfide) groups is 1. The van der Waals surface area contributed by atoms with Crippen molar-refractivity contribution in [2.24, 2.45) is 0 Å². The van der Waals surface area contributed by atoms with Gasteiger partial charge >= 0.3 is 5.97 Å². The number of ether oxygens (including phenoxy) is 3. The van der Waals surface area contributed by atoms with Gasteiger partial charge in [-0.15, -0.1) is 0 Å². The van der Waals surface area contributed by atoms with Crippen molar-refractivity contribution in [3.8, 4) is 17.2 Å². The highest BCUT2D eigenvalue weighted by Gasteiger charge is 2.31. The maximum absolute atomic E-state index is 12.7. The van der Waals surface area contributed by atoms with Crippen LogP contribution >= 0.6 is 24.0 Å². The summed E-state index contributed by atoms with van der Waals surface area (Å²) in [4.78, 5) is 25.3. The third-order valence-electron chi connectivity index (χ3n) is 4.68. The van der Waals surface area contributed by atoms with Crippen molar-refractivity contribution in [3.63, 3.8) is 0 Å². The van der Waals surface area contributed by atoms with Crippen LogP contribution < -0.4 is 14.2 Å². The Labute approximate surface area is 196 Å². The average molecular weight is 474 g/mol. The van der Waals surface area contributed by atoms with Gasteiger partial charge in [-0.3, -0.25) is 14.5 Å². The Hall–Kier alpha value is -3.04. The van der Waals surface area contributed by atoms with Crippen LogP contribution in [0.15, 0.2) is 47.4 Å². The summed E-state index contributed by atoms with van der Waals surface area (Å²) >= 11 is 6.49. The molecule has 7 nitrogen and oxygen atoms in total. The lowest BCUT2D eigenvalue weighted by atomic mass is 10.1. The van der Waals surface area contributed by atoms with E-state index >= 15 is 0 Å². The minimum atomic E-state index is -0.896. The highest BCUT2D eigenvalue weighted by atomic mass is 32.2. The second-order valence-electron chi connectivity index (χ2n) is 6.88. The molecule has 2 aromatic rings. The van der Waals surface area contributed by atoms with E-state index in [1.807, 2.05) is 30.3 Å². The van der Waals surface area contributed by atoms with Gasteiger partial charge in [0.15, 0.2) is 11.5 Å². The fourth-order valence-electron chi connectivity index (χ4n) is 3.01. The first-order valence-corrected chi connectivity index (χ1v) is 11.0. The van der Waals surface area contributed by atoms with Gasteiger partial charge in [0.2, 0.25) is 0 Å². The lowest BCUT2D eigenvalue weighted by molar-refractivity contribution is -0.137. The highest BCUT2D eigenvalue weighted by molar-refractivity contribution is 8.26. The van der Waals surface area contributed by atoms with E-state index in [0.29, 0.717) is 33.8 Å². The molecule has 1 saturated heterocycles. The molecule has 1 fully saturated rings. The summed E-state index contributed by atoms with van der Waals surface area (Å²) in [5, 5.41) is 8.78. The SMILES string of the molecule is COc1ccc(COc2ccc(/C=C3\SC(=S)N(CCCC(=O)O)C3=O)cc2OC)cc1. The number of carboxylic acids is 1. The van der Waals surface area contributed by atoms with Gasteiger partial charge in [0, 0.05) is 13.0 Å². The van der Waals surface area contributed by atoms with E-state index in [-0.39, 0.29) is 18.9 Å². The highest BCUT2D eigenvalue weighted by Crippen LogP contribution is 2.35. The van der Waals surface area contributed by atoms with E-state index in [9.17, 15) is 9.59 Å². The molecule has 1 N–H and O–H groups in total. The summed E-state index contributed by atoms with van der Waals surface area (Å²) < 4.78 is 16.9.